The van der Waals surface area contributed by atoms with Gasteiger partial charge in [0.1, 0.15) is 0 Å². The molecule has 0 aliphatic heterocycles. The topological polar surface area (TPSA) is 127 Å². The number of ether oxygens (including phenoxy) is 2. The van der Waals surface area contributed by atoms with E-state index in [-0.39, 0.29) is 37.2 Å². The van der Waals surface area contributed by atoms with Crippen molar-refractivity contribution in [2.24, 2.45) is 0 Å². The lowest BCUT2D eigenvalue weighted by atomic mass is 10.1. The molecule has 8 nitrogen and oxygen atoms in total. The summed E-state index contributed by atoms with van der Waals surface area (Å²) >= 11 is 0. The third-order valence-electron chi connectivity index (χ3n) is 3.40. The fourth-order valence-electron chi connectivity index (χ4n) is 2.08. The van der Waals surface area contributed by atoms with E-state index in [1.54, 1.807) is 12.1 Å². The Kier molecular flexibility index (Phi) is 9.45. The third-order valence-corrected chi connectivity index (χ3v) is 3.40. The molecule has 2 N–H and O–H groups in total. The first-order chi connectivity index (χ1) is 12.4. The Morgan fingerprint density at radius 3 is 1.42 bits per heavy atom. The minimum absolute atomic E-state index is 0.00232. The second-order valence-corrected chi connectivity index (χ2v) is 5.52. The molecule has 0 atom stereocenters. The van der Waals surface area contributed by atoms with Gasteiger partial charge in [-0.3, -0.25) is 9.59 Å². The van der Waals surface area contributed by atoms with Crippen molar-refractivity contribution < 1.29 is 38.9 Å². The van der Waals surface area contributed by atoms with Gasteiger partial charge in [0.2, 0.25) is 0 Å². The number of unbranched alkanes of at least 4 members (excludes halogenated alkanes) is 2. The van der Waals surface area contributed by atoms with Gasteiger partial charge in [-0.2, -0.15) is 0 Å². The smallest absolute Gasteiger partial charge is 0.339 e. The number of carboxylic acid groups (broad SMARTS) is 2. The van der Waals surface area contributed by atoms with Crippen LogP contribution in [0.15, 0.2) is 24.3 Å². The number of carboxylic acids is 2. The Hall–Kier alpha value is -2.90. The fourth-order valence-corrected chi connectivity index (χ4v) is 2.08. The maximum Gasteiger partial charge on any atom is 0.339 e. The van der Waals surface area contributed by atoms with E-state index in [4.69, 9.17) is 19.7 Å². The molecule has 1 rings (SSSR count). The van der Waals surface area contributed by atoms with Crippen molar-refractivity contribution in [3.05, 3.63) is 35.4 Å². The van der Waals surface area contributed by atoms with Gasteiger partial charge in [0.05, 0.1) is 24.3 Å². The predicted molar refractivity (Wildman–Crippen MR) is 90.0 cm³/mol. The fraction of sp³-hybridized carbons (Fsp3) is 0.444. The lowest BCUT2D eigenvalue weighted by Crippen LogP contribution is -2.15. The Bertz CT molecular complexity index is 583. The molecule has 26 heavy (non-hydrogen) atoms. The molecule has 0 aliphatic rings. The summed E-state index contributed by atoms with van der Waals surface area (Å²) in [7, 11) is 0. The number of hydrogen-bond acceptors (Lipinski definition) is 6. The highest BCUT2D eigenvalue weighted by atomic mass is 16.5. The van der Waals surface area contributed by atoms with Gasteiger partial charge in [-0.25, -0.2) is 9.59 Å². The zero-order valence-corrected chi connectivity index (χ0v) is 14.3. The number of hydrogen-bond donors (Lipinski definition) is 2. The molecule has 1 aromatic rings. The minimum atomic E-state index is -0.909. The number of rotatable bonds is 12. The molecular weight excluding hydrogens is 344 g/mol. The number of carbonyl (C=O) groups excluding carboxylic acids is 2. The molecule has 0 fully saturated rings. The zero-order chi connectivity index (χ0) is 19.4. The highest BCUT2D eigenvalue weighted by Gasteiger charge is 2.18. The molecule has 0 bridgehead atoms. The van der Waals surface area contributed by atoms with Crippen LogP contribution in [0.5, 0.6) is 0 Å². The van der Waals surface area contributed by atoms with Crippen LogP contribution in [0, 0.1) is 0 Å². The van der Waals surface area contributed by atoms with Crippen LogP contribution in [0.4, 0.5) is 0 Å². The largest absolute Gasteiger partial charge is 0.481 e. The molecule has 0 saturated heterocycles. The monoisotopic (exact) mass is 366 g/mol. The summed E-state index contributed by atoms with van der Waals surface area (Å²) in [5.41, 5.74) is 0.141. The van der Waals surface area contributed by atoms with Gasteiger partial charge in [0.15, 0.2) is 0 Å². The van der Waals surface area contributed by atoms with E-state index in [9.17, 15) is 19.2 Å². The first kappa shape index (κ1) is 21.1. The van der Waals surface area contributed by atoms with Crippen molar-refractivity contribution in [1.82, 2.24) is 0 Å². The standard InChI is InChI=1S/C18H22O8/c19-15(20)9-3-5-11-25-17(23)13-7-1-2-8-14(13)18(24)26-12-6-4-10-16(21)22/h1-2,7-8H,3-6,9-12H2,(H,19,20)(H,21,22). The van der Waals surface area contributed by atoms with Crippen LogP contribution < -0.4 is 0 Å². The molecule has 0 aromatic heterocycles. The summed E-state index contributed by atoms with van der Waals surface area (Å²) in [5.74, 6) is -3.18. The van der Waals surface area contributed by atoms with Gasteiger partial charge in [0, 0.05) is 12.8 Å². The summed E-state index contributed by atoms with van der Waals surface area (Å²) in [5, 5.41) is 17.1. The van der Waals surface area contributed by atoms with E-state index in [0.717, 1.165) is 0 Å². The normalized spacial score (nSPS) is 10.2. The van der Waals surface area contributed by atoms with Crippen molar-refractivity contribution in [2.75, 3.05) is 13.2 Å². The number of carbonyl (C=O) groups is 4. The first-order valence-electron chi connectivity index (χ1n) is 8.28. The lowest BCUT2D eigenvalue weighted by molar-refractivity contribution is -0.138. The highest BCUT2D eigenvalue weighted by Crippen LogP contribution is 2.13. The first-order valence-corrected chi connectivity index (χ1v) is 8.28. The van der Waals surface area contributed by atoms with E-state index >= 15 is 0 Å². The number of benzene rings is 1. The molecule has 0 saturated carbocycles. The van der Waals surface area contributed by atoms with Crippen molar-refractivity contribution in [1.29, 1.82) is 0 Å². The van der Waals surface area contributed by atoms with Gasteiger partial charge in [0.25, 0.3) is 0 Å². The van der Waals surface area contributed by atoms with Crippen LogP contribution in [-0.2, 0) is 19.1 Å². The quantitative estimate of drug-likeness (QED) is 0.427. The number of esters is 2. The molecule has 8 heteroatoms. The van der Waals surface area contributed by atoms with Crippen LogP contribution in [0.2, 0.25) is 0 Å². The second-order valence-electron chi connectivity index (χ2n) is 5.52. The van der Waals surface area contributed by atoms with Crippen LogP contribution >= 0.6 is 0 Å². The summed E-state index contributed by atoms with van der Waals surface area (Å²) in [6.45, 7) is 0.120. The molecule has 0 unspecified atom stereocenters. The molecule has 142 valence electrons. The predicted octanol–water partition coefficient (Wildman–Crippen LogP) is 2.51. The van der Waals surface area contributed by atoms with Gasteiger partial charge < -0.3 is 19.7 Å². The van der Waals surface area contributed by atoms with Crippen molar-refractivity contribution >= 4 is 23.9 Å². The lowest BCUT2D eigenvalue weighted by Gasteiger charge is -2.09. The maximum absolute atomic E-state index is 12.1. The van der Waals surface area contributed by atoms with Crippen LogP contribution in [-0.4, -0.2) is 47.3 Å². The van der Waals surface area contributed by atoms with Gasteiger partial charge in [-0.05, 0) is 37.8 Å². The molecule has 0 aliphatic carbocycles. The third kappa shape index (κ3) is 8.27. The molecule has 0 amide bonds. The van der Waals surface area contributed by atoms with Crippen molar-refractivity contribution in [3.63, 3.8) is 0 Å². The van der Waals surface area contributed by atoms with Crippen molar-refractivity contribution in [2.45, 2.75) is 38.5 Å². The van der Waals surface area contributed by atoms with E-state index < -0.39 is 23.9 Å². The minimum Gasteiger partial charge on any atom is -0.481 e. The van der Waals surface area contributed by atoms with E-state index in [2.05, 4.69) is 0 Å². The van der Waals surface area contributed by atoms with Gasteiger partial charge in [-0.1, -0.05) is 12.1 Å². The van der Waals surface area contributed by atoms with Crippen LogP contribution in [0.3, 0.4) is 0 Å². The molecule has 1 aromatic carbocycles. The summed E-state index contributed by atoms with van der Waals surface area (Å²) in [6.07, 6.45) is 1.61. The number of aliphatic carboxylic acids is 2. The average Bonchev–Trinajstić information content (AvgIpc) is 2.60. The van der Waals surface area contributed by atoms with Crippen LogP contribution in [0.1, 0.15) is 59.2 Å². The summed E-state index contributed by atoms with van der Waals surface area (Å²) in [4.78, 5) is 45.0. The molecule has 0 spiro atoms. The van der Waals surface area contributed by atoms with Crippen LogP contribution in [0.25, 0.3) is 0 Å². The summed E-state index contributed by atoms with van der Waals surface area (Å²) in [6, 6.07) is 6.07. The molecule has 0 radical (unpaired) electrons. The van der Waals surface area contributed by atoms with E-state index in [0.29, 0.717) is 25.7 Å². The zero-order valence-electron chi connectivity index (χ0n) is 14.3. The Morgan fingerprint density at radius 1 is 0.692 bits per heavy atom. The van der Waals surface area contributed by atoms with Gasteiger partial charge in [-0.15, -0.1) is 0 Å². The average molecular weight is 366 g/mol. The van der Waals surface area contributed by atoms with E-state index in [1.807, 2.05) is 0 Å². The molecule has 0 heterocycles. The Morgan fingerprint density at radius 2 is 1.08 bits per heavy atom. The van der Waals surface area contributed by atoms with E-state index in [1.165, 1.54) is 12.1 Å². The highest BCUT2D eigenvalue weighted by molar-refractivity contribution is 6.03. The van der Waals surface area contributed by atoms with Gasteiger partial charge >= 0.3 is 23.9 Å². The SMILES string of the molecule is O=C(O)CCCCOC(=O)c1ccccc1C(=O)OCCCCC(=O)O. The summed E-state index contributed by atoms with van der Waals surface area (Å²) < 4.78 is 10.1. The van der Waals surface area contributed by atoms with Crippen molar-refractivity contribution in [3.8, 4) is 0 Å². The maximum atomic E-state index is 12.1. The molecular formula is C18H22O8. The second kappa shape index (κ2) is 11.6. The Labute approximate surface area is 150 Å². The Balaban J connectivity index is 2.49.